The number of pyridine rings is 1. The van der Waals surface area contributed by atoms with Gasteiger partial charge < -0.3 is 15.8 Å². The van der Waals surface area contributed by atoms with Crippen molar-refractivity contribution in [2.24, 2.45) is 0 Å². The molecule has 2 heterocycles. The summed E-state index contributed by atoms with van der Waals surface area (Å²) < 4.78 is 5.63. The molecule has 0 aliphatic carbocycles. The number of halogens is 1. The summed E-state index contributed by atoms with van der Waals surface area (Å²) in [6, 6.07) is 18.4. The second kappa shape index (κ2) is 8.64. The van der Waals surface area contributed by atoms with E-state index in [1.165, 1.54) is 0 Å². The lowest BCUT2D eigenvalue weighted by Crippen LogP contribution is -2.11. The number of carbonyl (C=O) groups excluding carboxylic acids is 1. The number of nitrogen functional groups attached to an aromatic ring is 1. The number of hydrogen-bond donors (Lipinski definition) is 2. The molecular weight excluding hydrogens is 432 g/mol. The lowest BCUT2D eigenvalue weighted by Gasteiger charge is -2.11. The smallest absolute Gasteiger partial charge is 0.267 e. The molecule has 0 atom stereocenters. The summed E-state index contributed by atoms with van der Waals surface area (Å²) in [5, 5.41) is 13.8. The van der Waals surface area contributed by atoms with Crippen LogP contribution in [-0.2, 0) is 0 Å². The summed E-state index contributed by atoms with van der Waals surface area (Å²) in [7, 11) is 0. The van der Waals surface area contributed by atoms with Gasteiger partial charge in [0.2, 0.25) is 5.88 Å². The van der Waals surface area contributed by atoms with Crippen LogP contribution in [0.2, 0.25) is 5.02 Å². The van der Waals surface area contributed by atoms with Crippen LogP contribution < -0.4 is 15.8 Å². The van der Waals surface area contributed by atoms with Crippen LogP contribution in [0.4, 0.5) is 11.4 Å². The third-order valence-electron chi connectivity index (χ3n) is 4.61. The number of hydrogen-bond acceptors (Lipinski definition) is 6. The van der Waals surface area contributed by atoms with E-state index in [1.807, 2.05) is 37.3 Å². The molecule has 154 valence electrons. The fraction of sp³-hybridized carbons (Fsp3) is 0.0870. The van der Waals surface area contributed by atoms with Crippen LogP contribution in [0.15, 0.2) is 54.6 Å². The van der Waals surface area contributed by atoms with Crippen molar-refractivity contribution in [3.8, 4) is 23.1 Å². The molecule has 0 aliphatic heterocycles. The quantitative estimate of drug-likeness (QED) is 0.406. The van der Waals surface area contributed by atoms with Gasteiger partial charge in [-0.3, -0.25) is 4.79 Å². The highest BCUT2D eigenvalue weighted by atomic mass is 35.5. The summed E-state index contributed by atoms with van der Waals surface area (Å²) >= 11 is 7.07. The van der Waals surface area contributed by atoms with Crippen LogP contribution >= 0.6 is 22.9 Å². The van der Waals surface area contributed by atoms with Crippen molar-refractivity contribution in [3.05, 3.63) is 70.1 Å². The number of anilines is 2. The number of nitrogens with one attached hydrogen (secondary N) is 1. The first-order chi connectivity index (χ1) is 15.0. The highest BCUT2D eigenvalue weighted by Crippen LogP contribution is 2.43. The number of fused-ring (bicyclic) bond motifs is 1. The molecule has 6 nitrogen and oxygen atoms in total. The number of rotatable bonds is 5. The van der Waals surface area contributed by atoms with E-state index in [0.29, 0.717) is 38.0 Å². The molecule has 0 radical (unpaired) electrons. The molecule has 0 fully saturated rings. The number of thiophene rings is 1. The van der Waals surface area contributed by atoms with Crippen molar-refractivity contribution >= 4 is 50.4 Å². The van der Waals surface area contributed by atoms with Gasteiger partial charge in [0.15, 0.2) is 0 Å². The number of ether oxygens (including phenoxy) is 1. The highest BCUT2D eigenvalue weighted by Gasteiger charge is 2.25. The first-order valence-electron chi connectivity index (χ1n) is 9.44. The van der Waals surface area contributed by atoms with Crippen LogP contribution in [-0.4, -0.2) is 17.5 Å². The first-order valence-corrected chi connectivity index (χ1v) is 10.6. The monoisotopic (exact) mass is 448 g/mol. The Labute approximate surface area is 187 Å². The van der Waals surface area contributed by atoms with Crippen LogP contribution in [0.3, 0.4) is 0 Å². The van der Waals surface area contributed by atoms with E-state index < -0.39 is 0 Å². The van der Waals surface area contributed by atoms with Crippen molar-refractivity contribution in [3.63, 3.8) is 0 Å². The second-order valence-corrected chi connectivity index (χ2v) is 8.00. The topological polar surface area (TPSA) is 101 Å². The molecule has 0 spiro atoms. The molecule has 2 aromatic heterocycles. The lowest BCUT2D eigenvalue weighted by atomic mass is 9.97. The summed E-state index contributed by atoms with van der Waals surface area (Å²) in [5.74, 6) is -0.138. The van der Waals surface area contributed by atoms with Gasteiger partial charge in [0.1, 0.15) is 21.3 Å². The van der Waals surface area contributed by atoms with Gasteiger partial charge >= 0.3 is 0 Å². The third-order valence-corrected chi connectivity index (χ3v) is 5.96. The van der Waals surface area contributed by atoms with E-state index in [0.717, 1.165) is 16.9 Å². The average molecular weight is 449 g/mol. The van der Waals surface area contributed by atoms with E-state index in [1.54, 1.807) is 24.3 Å². The van der Waals surface area contributed by atoms with Gasteiger partial charge in [-0.05, 0) is 36.8 Å². The molecule has 0 aliphatic rings. The molecule has 0 unspecified atom stereocenters. The van der Waals surface area contributed by atoms with E-state index >= 15 is 0 Å². The number of nitriles is 1. The van der Waals surface area contributed by atoms with Gasteiger partial charge in [-0.15, -0.1) is 11.3 Å². The molecule has 0 saturated carbocycles. The summed E-state index contributed by atoms with van der Waals surface area (Å²) in [6.45, 7) is 2.18. The van der Waals surface area contributed by atoms with Gasteiger partial charge in [0.25, 0.3) is 5.91 Å². The standard InChI is InChI=1S/C23H17ClN4O2S/c1-2-30-22-16(12-25)17(13-6-4-3-5-7-13)18-19(26)20(31-23(18)28-22)21(29)27-15-10-8-14(24)9-11-15/h3-11H,2,26H2,1H3,(H,27,29). The van der Waals surface area contributed by atoms with Crippen molar-refractivity contribution in [1.82, 2.24) is 4.98 Å². The molecular formula is C23H17ClN4O2S. The zero-order chi connectivity index (χ0) is 22.0. The van der Waals surface area contributed by atoms with Gasteiger partial charge in [0, 0.05) is 21.7 Å². The van der Waals surface area contributed by atoms with Gasteiger partial charge in [-0.2, -0.15) is 5.26 Å². The van der Waals surface area contributed by atoms with Gasteiger partial charge in [-0.25, -0.2) is 4.98 Å². The highest BCUT2D eigenvalue weighted by molar-refractivity contribution is 7.21. The van der Waals surface area contributed by atoms with E-state index in [-0.39, 0.29) is 23.0 Å². The minimum atomic E-state index is -0.363. The number of nitrogens with two attached hydrogens (primary N) is 1. The molecule has 3 N–H and O–H groups in total. The van der Waals surface area contributed by atoms with Crippen LogP contribution in [0.5, 0.6) is 5.88 Å². The van der Waals surface area contributed by atoms with Crippen LogP contribution in [0.25, 0.3) is 21.3 Å². The summed E-state index contributed by atoms with van der Waals surface area (Å²) in [5.41, 5.74) is 9.00. The average Bonchev–Trinajstić information content (AvgIpc) is 3.11. The Morgan fingerprint density at radius 3 is 2.58 bits per heavy atom. The Hall–Kier alpha value is -3.60. The number of nitrogens with zero attached hydrogens (tertiary/aromatic N) is 2. The van der Waals surface area contributed by atoms with Crippen LogP contribution in [0, 0.1) is 11.3 Å². The van der Waals surface area contributed by atoms with Gasteiger partial charge in [0.05, 0.1) is 12.3 Å². The van der Waals surface area contributed by atoms with Crippen LogP contribution in [0.1, 0.15) is 22.2 Å². The second-order valence-electron chi connectivity index (χ2n) is 6.56. The summed E-state index contributed by atoms with van der Waals surface area (Å²) in [4.78, 5) is 18.3. The molecule has 2 aromatic carbocycles. The number of carbonyl (C=O) groups is 1. The van der Waals surface area contributed by atoms with Gasteiger partial charge in [-0.1, -0.05) is 41.9 Å². The Morgan fingerprint density at radius 2 is 1.94 bits per heavy atom. The molecule has 0 saturated heterocycles. The van der Waals surface area contributed by atoms with Crippen molar-refractivity contribution in [2.75, 3.05) is 17.7 Å². The Kier molecular flexibility index (Phi) is 5.76. The van der Waals surface area contributed by atoms with Crippen molar-refractivity contribution in [1.29, 1.82) is 5.26 Å². The predicted octanol–water partition coefficient (Wildman–Crippen LogP) is 5.72. The Bertz CT molecular complexity index is 1310. The Balaban J connectivity index is 1.90. The minimum absolute atomic E-state index is 0.224. The third kappa shape index (κ3) is 3.91. The Morgan fingerprint density at radius 1 is 1.23 bits per heavy atom. The van der Waals surface area contributed by atoms with E-state index in [4.69, 9.17) is 22.1 Å². The number of aromatic nitrogens is 1. The fourth-order valence-electron chi connectivity index (χ4n) is 3.26. The predicted molar refractivity (Wildman–Crippen MR) is 125 cm³/mol. The largest absolute Gasteiger partial charge is 0.477 e. The lowest BCUT2D eigenvalue weighted by molar-refractivity contribution is 0.103. The SMILES string of the molecule is CCOc1nc2sc(C(=O)Nc3ccc(Cl)cc3)c(N)c2c(-c2ccccc2)c1C#N. The summed E-state index contributed by atoms with van der Waals surface area (Å²) in [6.07, 6.45) is 0. The maximum Gasteiger partial charge on any atom is 0.267 e. The molecule has 1 amide bonds. The molecule has 4 aromatic rings. The van der Waals surface area contributed by atoms with Crippen molar-refractivity contribution < 1.29 is 9.53 Å². The number of benzene rings is 2. The van der Waals surface area contributed by atoms with E-state index in [2.05, 4.69) is 16.4 Å². The molecule has 0 bridgehead atoms. The van der Waals surface area contributed by atoms with E-state index in [9.17, 15) is 10.1 Å². The molecule has 4 rings (SSSR count). The zero-order valence-electron chi connectivity index (χ0n) is 16.5. The molecule has 8 heteroatoms. The first kappa shape index (κ1) is 20.7. The zero-order valence-corrected chi connectivity index (χ0v) is 18.1. The van der Waals surface area contributed by atoms with Crippen molar-refractivity contribution in [2.45, 2.75) is 6.92 Å². The fourth-order valence-corrected chi connectivity index (χ4v) is 4.38. The maximum absolute atomic E-state index is 13.0. The number of amides is 1. The minimum Gasteiger partial charge on any atom is -0.477 e. The normalized spacial score (nSPS) is 10.6. The molecule has 31 heavy (non-hydrogen) atoms. The maximum atomic E-state index is 13.0.